The smallest absolute Gasteiger partial charge is 0.407 e. The van der Waals surface area contributed by atoms with E-state index in [0.717, 1.165) is 0 Å². The molecule has 1 fully saturated rings. The summed E-state index contributed by atoms with van der Waals surface area (Å²) >= 11 is 1.63. The lowest BCUT2D eigenvalue weighted by molar-refractivity contribution is 0.0517. The molecule has 1 saturated carbocycles. The van der Waals surface area contributed by atoms with Gasteiger partial charge in [0, 0.05) is 29.3 Å². The van der Waals surface area contributed by atoms with E-state index in [1.165, 1.54) is 23.4 Å². The highest BCUT2D eigenvalue weighted by Gasteiger charge is 2.36. The number of aromatic nitrogens is 1. The van der Waals surface area contributed by atoms with Gasteiger partial charge in [0.15, 0.2) is 0 Å². The van der Waals surface area contributed by atoms with Gasteiger partial charge in [-0.3, -0.25) is 0 Å². The number of nitrogens with zero attached hydrogens (tertiary/aromatic N) is 1. The molecule has 1 heterocycles. The summed E-state index contributed by atoms with van der Waals surface area (Å²) < 4.78 is 5.28. The molecule has 118 valence electrons. The SMILES string of the molecule is CC(C)(C)OC(=O)NCC(C)(CN)c1scnc1C1CC1. The van der Waals surface area contributed by atoms with Crippen LogP contribution in [-0.2, 0) is 10.2 Å². The number of hydrogen-bond acceptors (Lipinski definition) is 5. The Balaban J connectivity index is 2.04. The number of nitrogens with two attached hydrogens (primary N) is 1. The fourth-order valence-electron chi connectivity index (χ4n) is 2.18. The van der Waals surface area contributed by atoms with Gasteiger partial charge in [0.2, 0.25) is 0 Å². The van der Waals surface area contributed by atoms with Crippen molar-refractivity contribution in [3.05, 3.63) is 16.1 Å². The molecule has 3 N–H and O–H groups in total. The van der Waals surface area contributed by atoms with Crippen LogP contribution in [0, 0.1) is 0 Å². The fraction of sp³-hybridized carbons (Fsp3) is 0.733. The highest BCUT2D eigenvalue weighted by Crippen LogP contribution is 2.44. The number of amides is 1. The van der Waals surface area contributed by atoms with Gasteiger partial charge in [0.25, 0.3) is 0 Å². The van der Waals surface area contributed by atoms with Crippen LogP contribution in [-0.4, -0.2) is 29.8 Å². The summed E-state index contributed by atoms with van der Waals surface area (Å²) in [7, 11) is 0. The van der Waals surface area contributed by atoms with Crippen molar-refractivity contribution in [2.45, 2.75) is 57.5 Å². The third-order valence-electron chi connectivity index (χ3n) is 3.58. The van der Waals surface area contributed by atoms with Crippen molar-refractivity contribution < 1.29 is 9.53 Å². The van der Waals surface area contributed by atoms with E-state index < -0.39 is 11.7 Å². The Labute approximate surface area is 130 Å². The maximum atomic E-state index is 11.8. The Bertz CT molecular complexity index is 505. The van der Waals surface area contributed by atoms with Crippen molar-refractivity contribution in [2.75, 3.05) is 13.1 Å². The summed E-state index contributed by atoms with van der Waals surface area (Å²) in [5.41, 5.74) is 8.24. The second kappa shape index (κ2) is 5.93. The first kappa shape index (κ1) is 16.2. The first-order chi connectivity index (χ1) is 9.75. The van der Waals surface area contributed by atoms with E-state index in [9.17, 15) is 4.79 Å². The van der Waals surface area contributed by atoms with Gasteiger partial charge in [0.05, 0.1) is 11.2 Å². The van der Waals surface area contributed by atoms with Crippen LogP contribution in [0.5, 0.6) is 0 Å². The number of alkyl carbamates (subject to hydrolysis) is 1. The van der Waals surface area contributed by atoms with Crippen LogP contribution in [0.3, 0.4) is 0 Å². The Morgan fingerprint density at radius 2 is 2.14 bits per heavy atom. The zero-order valence-corrected chi connectivity index (χ0v) is 14.0. The van der Waals surface area contributed by atoms with Crippen molar-refractivity contribution in [3.63, 3.8) is 0 Å². The molecule has 1 aromatic heterocycles. The van der Waals surface area contributed by atoms with E-state index in [-0.39, 0.29) is 5.41 Å². The molecule has 5 nitrogen and oxygen atoms in total. The molecule has 1 aromatic rings. The summed E-state index contributed by atoms with van der Waals surface area (Å²) in [5.74, 6) is 0.582. The number of carbonyl (C=O) groups is 1. The van der Waals surface area contributed by atoms with Gasteiger partial charge < -0.3 is 15.8 Å². The Morgan fingerprint density at radius 3 is 2.67 bits per heavy atom. The molecular formula is C15H25N3O2S. The van der Waals surface area contributed by atoms with Crippen molar-refractivity contribution in [1.29, 1.82) is 0 Å². The van der Waals surface area contributed by atoms with Gasteiger partial charge in [-0.25, -0.2) is 9.78 Å². The van der Waals surface area contributed by atoms with Gasteiger partial charge >= 0.3 is 6.09 Å². The summed E-state index contributed by atoms with van der Waals surface area (Å²) in [6.07, 6.45) is 2.01. The number of ether oxygens (including phenoxy) is 1. The third kappa shape index (κ3) is 4.17. The Morgan fingerprint density at radius 1 is 1.48 bits per heavy atom. The van der Waals surface area contributed by atoms with Crippen LogP contribution in [0.2, 0.25) is 0 Å². The molecule has 0 aliphatic heterocycles. The fourth-order valence-corrected chi connectivity index (χ4v) is 3.23. The molecule has 1 aliphatic rings. The molecule has 2 rings (SSSR count). The Hall–Kier alpha value is -1.14. The lowest BCUT2D eigenvalue weighted by Crippen LogP contribution is -2.45. The average Bonchev–Trinajstić information content (AvgIpc) is 3.11. The maximum Gasteiger partial charge on any atom is 0.407 e. The van der Waals surface area contributed by atoms with Gasteiger partial charge in [0.1, 0.15) is 5.60 Å². The third-order valence-corrected chi connectivity index (χ3v) is 4.73. The molecule has 1 atom stereocenters. The largest absolute Gasteiger partial charge is 0.444 e. The van der Waals surface area contributed by atoms with Gasteiger partial charge in [-0.05, 0) is 33.6 Å². The molecule has 1 unspecified atom stereocenters. The molecule has 6 heteroatoms. The molecule has 0 saturated heterocycles. The van der Waals surface area contributed by atoms with Crippen molar-refractivity contribution in [1.82, 2.24) is 10.3 Å². The minimum absolute atomic E-state index is 0.296. The topological polar surface area (TPSA) is 77.2 Å². The maximum absolute atomic E-state index is 11.8. The number of carbonyl (C=O) groups excluding carboxylic acids is 1. The molecular weight excluding hydrogens is 286 g/mol. The standard InChI is InChI=1S/C15H25N3O2S/c1-14(2,3)20-13(19)17-8-15(4,7-16)12-11(10-5-6-10)18-9-21-12/h9-10H,5-8,16H2,1-4H3,(H,17,19). The quantitative estimate of drug-likeness (QED) is 0.876. The van der Waals surface area contributed by atoms with Crippen molar-refractivity contribution in [3.8, 4) is 0 Å². The van der Waals surface area contributed by atoms with Crippen LogP contribution in [0.25, 0.3) is 0 Å². The number of hydrogen-bond donors (Lipinski definition) is 2. The van der Waals surface area contributed by atoms with Gasteiger partial charge in [-0.2, -0.15) is 0 Å². The van der Waals surface area contributed by atoms with E-state index in [1.54, 1.807) is 11.3 Å². The first-order valence-corrected chi connectivity index (χ1v) is 8.24. The molecule has 0 bridgehead atoms. The van der Waals surface area contributed by atoms with Crippen LogP contribution in [0.1, 0.15) is 57.0 Å². The minimum atomic E-state index is -0.493. The summed E-state index contributed by atoms with van der Waals surface area (Å²) in [5, 5.41) is 2.84. The van der Waals surface area contributed by atoms with E-state index in [1.807, 2.05) is 26.3 Å². The van der Waals surface area contributed by atoms with Gasteiger partial charge in [-0.15, -0.1) is 11.3 Å². The Kier molecular flexibility index (Phi) is 4.58. The minimum Gasteiger partial charge on any atom is -0.444 e. The van der Waals surface area contributed by atoms with Crippen LogP contribution >= 0.6 is 11.3 Å². The summed E-state index contributed by atoms with van der Waals surface area (Å²) in [6.45, 7) is 8.55. The molecule has 0 spiro atoms. The van der Waals surface area contributed by atoms with Crippen LogP contribution in [0.15, 0.2) is 5.51 Å². The second-order valence-corrected chi connectivity index (χ2v) is 7.82. The highest BCUT2D eigenvalue weighted by molar-refractivity contribution is 7.10. The summed E-state index contributed by atoms with van der Waals surface area (Å²) in [4.78, 5) is 17.5. The molecule has 1 amide bonds. The normalized spacial score (nSPS) is 18.1. The van der Waals surface area contributed by atoms with Crippen molar-refractivity contribution >= 4 is 17.4 Å². The predicted molar refractivity (Wildman–Crippen MR) is 84.7 cm³/mol. The average molecular weight is 311 g/mol. The summed E-state index contributed by atoms with van der Waals surface area (Å²) in [6, 6.07) is 0. The molecule has 1 aliphatic carbocycles. The number of rotatable bonds is 5. The number of thiazole rings is 1. The first-order valence-electron chi connectivity index (χ1n) is 7.36. The van der Waals surface area contributed by atoms with E-state index in [0.29, 0.717) is 19.0 Å². The monoisotopic (exact) mass is 311 g/mol. The molecule has 21 heavy (non-hydrogen) atoms. The van der Waals surface area contributed by atoms with Crippen molar-refractivity contribution in [2.24, 2.45) is 5.73 Å². The highest BCUT2D eigenvalue weighted by atomic mass is 32.1. The number of nitrogens with one attached hydrogen (secondary N) is 1. The molecule has 0 aromatic carbocycles. The zero-order valence-electron chi connectivity index (χ0n) is 13.2. The lowest BCUT2D eigenvalue weighted by atomic mass is 9.87. The van der Waals surface area contributed by atoms with E-state index in [2.05, 4.69) is 17.2 Å². The van der Waals surface area contributed by atoms with E-state index >= 15 is 0 Å². The van der Waals surface area contributed by atoms with Crippen LogP contribution in [0.4, 0.5) is 4.79 Å². The lowest BCUT2D eigenvalue weighted by Gasteiger charge is -2.29. The zero-order chi connectivity index (χ0) is 15.7. The van der Waals surface area contributed by atoms with Crippen LogP contribution < -0.4 is 11.1 Å². The van der Waals surface area contributed by atoms with Gasteiger partial charge in [-0.1, -0.05) is 6.92 Å². The predicted octanol–water partition coefficient (Wildman–Crippen LogP) is 2.76. The molecule has 0 radical (unpaired) electrons. The van der Waals surface area contributed by atoms with E-state index in [4.69, 9.17) is 10.5 Å². The second-order valence-electron chi connectivity index (χ2n) is 6.96.